The van der Waals surface area contributed by atoms with Crippen molar-refractivity contribution in [3.63, 3.8) is 0 Å². The van der Waals surface area contributed by atoms with Crippen molar-refractivity contribution in [1.82, 2.24) is 4.98 Å². The largest absolute Gasteiger partial charge is 0.436 e. The summed E-state index contributed by atoms with van der Waals surface area (Å²) in [5.74, 6) is 0.305. The van der Waals surface area contributed by atoms with Gasteiger partial charge in [0.15, 0.2) is 5.58 Å². The first-order chi connectivity index (χ1) is 13.0. The number of aromatic nitrogens is 1. The third kappa shape index (κ3) is 3.75. The molecule has 0 saturated carbocycles. The zero-order valence-electron chi connectivity index (χ0n) is 14.3. The highest BCUT2D eigenvalue weighted by atomic mass is 79.9. The van der Waals surface area contributed by atoms with Gasteiger partial charge in [-0.25, -0.2) is 4.98 Å². The zero-order valence-corrected chi connectivity index (χ0v) is 16.6. The average Bonchev–Trinajstić information content (AvgIpc) is 3.07. The summed E-state index contributed by atoms with van der Waals surface area (Å²) < 4.78 is 6.80. The summed E-state index contributed by atoms with van der Waals surface area (Å²) >= 11 is 9.52. The van der Waals surface area contributed by atoms with E-state index >= 15 is 0 Å². The Morgan fingerprint density at radius 1 is 1.07 bits per heavy atom. The molecule has 0 aliphatic carbocycles. The Hall–Kier alpha value is -2.63. The van der Waals surface area contributed by atoms with Gasteiger partial charge < -0.3 is 9.73 Å². The van der Waals surface area contributed by atoms with Crippen LogP contribution in [0, 0.1) is 6.92 Å². The highest BCUT2D eigenvalue weighted by Crippen LogP contribution is 2.27. The van der Waals surface area contributed by atoms with Crippen molar-refractivity contribution in [3.8, 4) is 11.5 Å². The quantitative estimate of drug-likeness (QED) is 0.396. The maximum Gasteiger partial charge on any atom is 0.255 e. The average molecular weight is 442 g/mol. The summed E-state index contributed by atoms with van der Waals surface area (Å²) in [4.78, 5) is 17.0. The predicted octanol–water partition coefficient (Wildman–Crippen LogP) is 6.47. The third-order valence-corrected chi connectivity index (χ3v) is 5.11. The molecule has 0 radical (unpaired) electrons. The van der Waals surface area contributed by atoms with Crippen molar-refractivity contribution in [1.29, 1.82) is 0 Å². The van der Waals surface area contributed by atoms with Crippen LogP contribution in [-0.4, -0.2) is 10.9 Å². The lowest BCUT2D eigenvalue weighted by Crippen LogP contribution is -2.11. The number of carbonyl (C=O) groups is 1. The molecule has 0 bridgehead atoms. The fourth-order valence-electron chi connectivity index (χ4n) is 2.66. The Morgan fingerprint density at radius 3 is 2.59 bits per heavy atom. The van der Waals surface area contributed by atoms with Gasteiger partial charge in [-0.2, -0.15) is 0 Å². The second kappa shape index (κ2) is 7.18. The van der Waals surface area contributed by atoms with Gasteiger partial charge in [-0.05, 0) is 67.1 Å². The van der Waals surface area contributed by atoms with Crippen LogP contribution in [0.4, 0.5) is 5.69 Å². The number of aryl methyl sites for hydroxylation is 1. The van der Waals surface area contributed by atoms with Crippen LogP contribution in [0.5, 0.6) is 0 Å². The smallest absolute Gasteiger partial charge is 0.255 e. The van der Waals surface area contributed by atoms with E-state index < -0.39 is 0 Å². The van der Waals surface area contributed by atoms with Crippen LogP contribution in [0.2, 0.25) is 5.02 Å². The highest BCUT2D eigenvalue weighted by Gasteiger charge is 2.11. The number of hydrogen-bond acceptors (Lipinski definition) is 3. The van der Waals surface area contributed by atoms with E-state index in [1.54, 1.807) is 30.3 Å². The molecule has 6 heteroatoms. The number of carbonyl (C=O) groups excluding carboxylic acids is 1. The van der Waals surface area contributed by atoms with E-state index in [0.717, 1.165) is 15.6 Å². The Bertz CT molecular complexity index is 1150. The van der Waals surface area contributed by atoms with Crippen LogP contribution in [0.3, 0.4) is 0 Å². The predicted molar refractivity (Wildman–Crippen MR) is 111 cm³/mol. The Labute approximate surface area is 169 Å². The summed E-state index contributed by atoms with van der Waals surface area (Å²) in [5, 5.41) is 3.43. The molecule has 0 fully saturated rings. The molecule has 1 amide bonds. The number of benzene rings is 3. The maximum atomic E-state index is 12.5. The van der Waals surface area contributed by atoms with Crippen molar-refractivity contribution < 1.29 is 9.21 Å². The molecule has 134 valence electrons. The van der Waals surface area contributed by atoms with Gasteiger partial charge in [0.25, 0.3) is 5.91 Å². The molecule has 0 spiro atoms. The lowest BCUT2D eigenvalue weighted by molar-refractivity contribution is 0.102. The zero-order chi connectivity index (χ0) is 19.0. The fourth-order valence-corrected chi connectivity index (χ4v) is 3.10. The number of rotatable bonds is 3. The molecule has 3 aromatic carbocycles. The van der Waals surface area contributed by atoms with Crippen molar-refractivity contribution in [3.05, 3.63) is 81.3 Å². The molecule has 0 unspecified atom stereocenters. The standard InChI is InChI=1S/C21H14BrClN2O2/c1-12-2-3-14(10-17(12)23)20(26)24-16-8-9-19-18(11-16)25-21(27-19)13-4-6-15(22)7-5-13/h2-11H,1H3,(H,24,26). The van der Waals surface area contributed by atoms with Gasteiger partial charge in [0.05, 0.1) is 0 Å². The van der Waals surface area contributed by atoms with E-state index in [-0.39, 0.29) is 5.91 Å². The lowest BCUT2D eigenvalue weighted by Gasteiger charge is -2.06. The van der Waals surface area contributed by atoms with Gasteiger partial charge in [0.2, 0.25) is 5.89 Å². The van der Waals surface area contributed by atoms with Crippen molar-refractivity contribution in [2.75, 3.05) is 5.32 Å². The number of anilines is 1. The van der Waals surface area contributed by atoms with Gasteiger partial charge in [-0.1, -0.05) is 33.6 Å². The molecule has 0 aliphatic heterocycles. The molecule has 0 saturated heterocycles. The molecule has 1 heterocycles. The second-order valence-corrected chi connectivity index (χ2v) is 7.45. The van der Waals surface area contributed by atoms with Gasteiger partial charge in [0.1, 0.15) is 5.52 Å². The second-order valence-electron chi connectivity index (χ2n) is 6.13. The number of fused-ring (bicyclic) bond motifs is 1. The van der Waals surface area contributed by atoms with E-state index in [4.69, 9.17) is 16.0 Å². The van der Waals surface area contributed by atoms with E-state index in [0.29, 0.717) is 33.3 Å². The first-order valence-electron chi connectivity index (χ1n) is 8.23. The number of oxazole rings is 1. The van der Waals surface area contributed by atoms with Crippen LogP contribution >= 0.6 is 27.5 Å². The SMILES string of the molecule is Cc1ccc(C(=O)Nc2ccc3oc(-c4ccc(Br)cc4)nc3c2)cc1Cl. The van der Waals surface area contributed by atoms with Crippen molar-refractivity contribution in [2.24, 2.45) is 0 Å². The summed E-state index contributed by atoms with van der Waals surface area (Å²) in [6.07, 6.45) is 0. The maximum absolute atomic E-state index is 12.5. The topological polar surface area (TPSA) is 55.1 Å². The minimum Gasteiger partial charge on any atom is -0.436 e. The van der Waals surface area contributed by atoms with Crippen molar-refractivity contribution >= 4 is 50.2 Å². The van der Waals surface area contributed by atoms with Crippen LogP contribution in [0.1, 0.15) is 15.9 Å². The lowest BCUT2D eigenvalue weighted by atomic mass is 10.1. The molecule has 4 rings (SSSR count). The minimum atomic E-state index is -0.229. The number of nitrogens with one attached hydrogen (secondary N) is 1. The first-order valence-corrected chi connectivity index (χ1v) is 9.41. The number of hydrogen-bond donors (Lipinski definition) is 1. The summed E-state index contributed by atoms with van der Waals surface area (Å²) in [5.41, 5.74) is 4.28. The van der Waals surface area contributed by atoms with E-state index in [9.17, 15) is 4.79 Å². The van der Waals surface area contributed by atoms with Crippen molar-refractivity contribution in [2.45, 2.75) is 6.92 Å². The van der Waals surface area contributed by atoms with Crippen LogP contribution < -0.4 is 5.32 Å². The molecular weight excluding hydrogens is 428 g/mol. The molecular formula is C21H14BrClN2O2. The summed E-state index contributed by atoms with van der Waals surface area (Å²) in [6, 6.07) is 18.3. The van der Waals surface area contributed by atoms with Gasteiger partial charge in [-0.3, -0.25) is 4.79 Å². The normalized spacial score (nSPS) is 10.9. The molecule has 4 nitrogen and oxygen atoms in total. The number of amides is 1. The number of halogens is 2. The van der Waals surface area contributed by atoms with Gasteiger partial charge >= 0.3 is 0 Å². The van der Waals surface area contributed by atoms with Crippen LogP contribution in [-0.2, 0) is 0 Å². The molecule has 4 aromatic rings. The fraction of sp³-hybridized carbons (Fsp3) is 0.0476. The monoisotopic (exact) mass is 440 g/mol. The minimum absolute atomic E-state index is 0.229. The Balaban J connectivity index is 1.60. The summed E-state index contributed by atoms with van der Waals surface area (Å²) in [6.45, 7) is 1.89. The van der Waals surface area contributed by atoms with Crippen LogP contribution in [0.15, 0.2) is 69.6 Å². The van der Waals surface area contributed by atoms with E-state index in [1.165, 1.54) is 0 Å². The molecule has 27 heavy (non-hydrogen) atoms. The third-order valence-electron chi connectivity index (χ3n) is 4.17. The Kier molecular flexibility index (Phi) is 4.72. The Morgan fingerprint density at radius 2 is 1.85 bits per heavy atom. The molecule has 1 N–H and O–H groups in total. The molecule has 0 atom stereocenters. The highest BCUT2D eigenvalue weighted by molar-refractivity contribution is 9.10. The van der Waals surface area contributed by atoms with Gasteiger partial charge in [-0.15, -0.1) is 0 Å². The van der Waals surface area contributed by atoms with Gasteiger partial charge in [0, 0.05) is 26.3 Å². The summed E-state index contributed by atoms with van der Waals surface area (Å²) in [7, 11) is 0. The molecule has 0 aliphatic rings. The van der Waals surface area contributed by atoms with E-state index in [2.05, 4.69) is 26.2 Å². The first kappa shape index (κ1) is 17.8. The number of nitrogens with zero attached hydrogens (tertiary/aromatic N) is 1. The van der Waals surface area contributed by atoms with Crippen LogP contribution in [0.25, 0.3) is 22.6 Å². The van der Waals surface area contributed by atoms with E-state index in [1.807, 2.05) is 37.3 Å². The molecule has 1 aromatic heterocycles.